The molecular formula is C19H22Cl2N4O2. The number of carbonyl (C=O) groups excluding carboxylic acids is 2. The second-order valence-electron chi connectivity index (χ2n) is 6.22. The van der Waals surface area contributed by atoms with Crippen LogP contribution >= 0.6 is 24.0 Å². The molecule has 3 N–H and O–H groups in total. The monoisotopic (exact) mass is 408 g/mol. The van der Waals surface area contributed by atoms with E-state index in [0.717, 1.165) is 0 Å². The van der Waals surface area contributed by atoms with E-state index in [2.05, 4.69) is 5.32 Å². The summed E-state index contributed by atoms with van der Waals surface area (Å²) in [6, 6.07) is 14.1. The van der Waals surface area contributed by atoms with Crippen molar-refractivity contribution in [1.82, 2.24) is 9.80 Å². The summed E-state index contributed by atoms with van der Waals surface area (Å²) in [4.78, 5) is 28.5. The minimum atomic E-state index is -0.114. The number of para-hydroxylation sites is 1. The maximum Gasteiger partial charge on any atom is 0.253 e. The zero-order valence-electron chi connectivity index (χ0n) is 14.7. The van der Waals surface area contributed by atoms with Crippen LogP contribution in [0.15, 0.2) is 48.5 Å². The molecule has 3 rings (SSSR count). The van der Waals surface area contributed by atoms with Crippen LogP contribution in [0.1, 0.15) is 10.4 Å². The highest BCUT2D eigenvalue weighted by atomic mass is 35.5. The fraction of sp³-hybridized carbons (Fsp3) is 0.263. The van der Waals surface area contributed by atoms with Crippen LogP contribution in [0.25, 0.3) is 0 Å². The van der Waals surface area contributed by atoms with Gasteiger partial charge in [-0.25, -0.2) is 0 Å². The van der Waals surface area contributed by atoms with E-state index in [0.29, 0.717) is 48.1 Å². The van der Waals surface area contributed by atoms with Gasteiger partial charge in [0.1, 0.15) is 0 Å². The predicted octanol–water partition coefficient (Wildman–Crippen LogP) is 2.74. The van der Waals surface area contributed by atoms with Crippen LogP contribution < -0.4 is 11.1 Å². The largest absolute Gasteiger partial charge is 0.399 e. The standard InChI is InChI=1S/C19H21ClN4O2.ClH/c20-16-3-1-2-4-17(16)22-18(25)13-23-9-11-24(12-10-23)19(26)14-5-7-15(21)8-6-14;/h1-8H,9-13,21H2,(H,22,25);1H. The van der Waals surface area contributed by atoms with Crippen molar-refractivity contribution in [3.8, 4) is 0 Å². The Morgan fingerprint density at radius 2 is 1.63 bits per heavy atom. The Kier molecular flexibility index (Phi) is 7.47. The fourth-order valence-corrected chi connectivity index (χ4v) is 3.06. The number of hydrogen-bond acceptors (Lipinski definition) is 4. The third-order valence-corrected chi connectivity index (χ3v) is 4.66. The molecule has 1 fully saturated rings. The Morgan fingerprint density at radius 3 is 2.26 bits per heavy atom. The lowest BCUT2D eigenvalue weighted by molar-refractivity contribution is -0.117. The molecule has 0 saturated carbocycles. The second kappa shape index (κ2) is 9.60. The summed E-state index contributed by atoms with van der Waals surface area (Å²) in [5, 5.41) is 3.33. The molecule has 2 aromatic carbocycles. The van der Waals surface area contributed by atoms with Crippen LogP contribution in [-0.2, 0) is 4.79 Å². The fourth-order valence-electron chi connectivity index (χ4n) is 2.87. The van der Waals surface area contributed by atoms with E-state index in [4.69, 9.17) is 17.3 Å². The Hall–Kier alpha value is -2.28. The van der Waals surface area contributed by atoms with Gasteiger partial charge in [0.2, 0.25) is 5.91 Å². The molecule has 0 radical (unpaired) electrons. The van der Waals surface area contributed by atoms with Gasteiger partial charge in [0.05, 0.1) is 17.3 Å². The van der Waals surface area contributed by atoms with Gasteiger partial charge in [-0.15, -0.1) is 12.4 Å². The summed E-state index contributed by atoms with van der Waals surface area (Å²) >= 11 is 6.05. The molecule has 0 bridgehead atoms. The number of nitrogen functional groups attached to an aromatic ring is 1. The van der Waals surface area contributed by atoms with Gasteiger partial charge >= 0.3 is 0 Å². The molecule has 0 aromatic heterocycles. The van der Waals surface area contributed by atoms with Crippen molar-refractivity contribution in [2.24, 2.45) is 0 Å². The normalized spacial score (nSPS) is 14.3. The molecule has 0 atom stereocenters. The SMILES string of the molecule is Cl.Nc1ccc(C(=O)N2CCN(CC(=O)Nc3ccccc3Cl)CC2)cc1. The zero-order chi connectivity index (χ0) is 18.5. The molecular weight excluding hydrogens is 387 g/mol. The molecule has 0 unspecified atom stereocenters. The topological polar surface area (TPSA) is 78.7 Å². The average molecular weight is 409 g/mol. The highest BCUT2D eigenvalue weighted by Crippen LogP contribution is 2.20. The van der Waals surface area contributed by atoms with Crippen LogP contribution in [0.4, 0.5) is 11.4 Å². The molecule has 0 aliphatic carbocycles. The van der Waals surface area contributed by atoms with Crippen LogP contribution in [-0.4, -0.2) is 54.3 Å². The van der Waals surface area contributed by atoms with E-state index < -0.39 is 0 Å². The first kappa shape index (κ1) is 21.0. The van der Waals surface area contributed by atoms with Crippen molar-refractivity contribution >= 4 is 47.2 Å². The van der Waals surface area contributed by atoms with Crippen molar-refractivity contribution in [1.29, 1.82) is 0 Å². The Labute approximate surface area is 169 Å². The number of piperazine rings is 1. The quantitative estimate of drug-likeness (QED) is 0.762. The third-order valence-electron chi connectivity index (χ3n) is 4.33. The minimum absolute atomic E-state index is 0. The number of rotatable bonds is 4. The molecule has 6 nitrogen and oxygen atoms in total. The number of nitrogens with zero attached hydrogens (tertiary/aromatic N) is 2. The number of amides is 2. The van der Waals surface area contributed by atoms with Gasteiger partial charge in [-0.1, -0.05) is 23.7 Å². The van der Waals surface area contributed by atoms with E-state index in [1.165, 1.54) is 0 Å². The number of nitrogens with one attached hydrogen (secondary N) is 1. The van der Waals surface area contributed by atoms with Crippen LogP contribution in [0.2, 0.25) is 5.02 Å². The molecule has 1 aliphatic rings. The molecule has 27 heavy (non-hydrogen) atoms. The summed E-state index contributed by atoms with van der Waals surface area (Å²) in [7, 11) is 0. The van der Waals surface area contributed by atoms with E-state index in [9.17, 15) is 9.59 Å². The van der Waals surface area contributed by atoms with Crippen molar-refractivity contribution in [2.45, 2.75) is 0 Å². The van der Waals surface area contributed by atoms with Crippen molar-refractivity contribution in [3.63, 3.8) is 0 Å². The molecule has 1 aliphatic heterocycles. The first-order valence-electron chi connectivity index (χ1n) is 8.44. The number of halogens is 2. The van der Waals surface area contributed by atoms with Gasteiger partial charge in [-0.2, -0.15) is 0 Å². The van der Waals surface area contributed by atoms with E-state index in [1.54, 1.807) is 41.3 Å². The van der Waals surface area contributed by atoms with Crippen LogP contribution in [0.3, 0.4) is 0 Å². The third kappa shape index (κ3) is 5.60. The van der Waals surface area contributed by atoms with Gasteiger partial charge in [0, 0.05) is 37.4 Å². The lowest BCUT2D eigenvalue weighted by Gasteiger charge is -2.34. The number of carbonyl (C=O) groups is 2. The minimum Gasteiger partial charge on any atom is -0.399 e. The summed E-state index contributed by atoms with van der Waals surface area (Å²) in [6.07, 6.45) is 0. The van der Waals surface area contributed by atoms with Gasteiger partial charge in [-0.3, -0.25) is 14.5 Å². The summed E-state index contributed by atoms with van der Waals surface area (Å²) in [5.41, 5.74) is 7.53. The van der Waals surface area contributed by atoms with Gasteiger partial charge < -0.3 is 16.0 Å². The Bertz CT molecular complexity index is 791. The van der Waals surface area contributed by atoms with Gasteiger partial charge in [0.15, 0.2) is 0 Å². The summed E-state index contributed by atoms with van der Waals surface area (Å²) < 4.78 is 0. The van der Waals surface area contributed by atoms with E-state index >= 15 is 0 Å². The molecule has 2 amide bonds. The molecule has 1 saturated heterocycles. The van der Waals surface area contributed by atoms with Crippen molar-refractivity contribution in [3.05, 3.63) is 59.1 Å². The number of nitrogens with two attached hydrogens (primary N) is 1. The lowest BCUT2D eigenvalue weighted by Crippen LogP contribution is -2.50. The number of hydrogen-bond donors (Lipinski definition) is 2. The maximum atomic E-state index is 12.5. The number of anilines is 2. The highest BCUT2D eigenvalue weighted by Gasteiger charge is 2.23. The lowest BCUT2D eigenvalue weighted by atomic mass is 10.1. The van der Waals surface area contributed by atoms with Crippen LogP contribution in [0.5, 0.6) is 0 Å². The molecule has 2 aromatic rings. The molecule has 144 valence electrons. The van der Waals surface area contributed by atoms with E-state index in [-0.39, 0.29) is 30.8 Å². The number of benzene rings is 2. The smallest absolute Gasteiger partial charge is 0.253 e. The highest BCUT2D eigenvalue weighted by molar-refractivity contribution is 6.33. The van der Waals surface area contributed by atoms with E-state index in [1.807, 2.05) is 17.0 Å². The predicted molar refractivity (Wildman–Crippen MR) is 111 cm³/mol. The van der Waals surface area contributed by atoms with Gasteiger partial charge in [-0.05, 0) is 36.4 Å². The summed E-state index contributed by atoms with van der Waals surface area (Å²) in [5.74, 6) is -0.124. The molecule has 1 heterocycles. The first-order valence-corrected chi connectivity index (χ1v) is 8.82. The Balaban J connectivity index is 0.00000261. The van der Waals surface area contributed by atoms with Gasteiger partial charge in [0.25, 0.3) is 5.91 Å². The average Bonchev–Trinajstić information content (AvgIpc) is 2.64. The maximum absolute atomic E-state index is 12.5. The zero-order valence-corrected chi connectivity index (χ0v) is 16.3. The Morgan fingerprint density at radius 1 is 1.00 bits per heavy atom. The molecule has 8 heteroatoms. The van der Waals surface area contributed by atoms with Crippen LogP contribution in [0, 0.1) is 0 Å². The summed E-state index contributed by atoms with van der Waals surface area (Å²) in [6.45, 7) is 2.74. The van der Waals surface area contributed by atoms with Crippen molar-refractivity contribution < 1.29 is 9.59 Å². The first-order chi connectivity index (χ1) is 12.5. The second-order valence-corrected chi connectivity index (χ2v) is 6.63. The molecule has 0 spiro atoms. The van der Waals surface area contributed by atoms with Crippen molar-refractivity contribution in [2.75, 3.05) is 43.8 Å².